The Kier molecular flexibility index (Phi) is 8.47. The average molecular weight is 437 g/mol. The molecule has 4 N–H and O–H groups in total. The van der Waals surface area contributed by atoms with Gasteiger partial charge in [-0.05, 0) is 17.7 Å². The van der Waals surface area contributed by atoms with Crippen LogP contribution in [0.2, 0.25) is 0 Å². The molecule has 10 heteroatoms. The molecule has 0 radical (unpaired) electrons. The van der Waals surface area contributed by atoms with E-state index >= 15 is 0 Å². The fraction of sp³-hybridized carbons (Fsp3) is 0.619. The van der Waals surface area contributed by atoms with Gasteiger partial charge in [0.05, 0.1) is 32.3 Å². The summed E-state index contributed by atoms with van der Waals surface area (Å²) in [6.07, 6.45) is -1.80. The summed E-state index contributed by atoms with van der Waals surface area (Å²) >= 11 is 0. The van der Waals surface area contributed by atoms with Gasteiger partial charge in [-0.1, -0.05) is 12.1 Å². The Labute approximate surface area is 181 Å². The molecule has 2 aliphatic heterocycles. The van der Waals surface area contributed by atoms with Crippen molar-refractivity contribution in [1.82, 2.24) is 16.0 Å². The Bertz CT molecular complexity index is 730. The van der Waals surface area contributed by atoms with Crippen LogP contribution in [0.25, 0.3) is 0 Å². The van der Waals surface area contributed by atoms with E-state index in [2.05, 4.69) is 16.0 Å². The van der Waals surface area contributed by atoms with Gasteiger partial charge >= 0.3 is 6.03 Å². The molecule has 10 nitrogen and oxygen atoms in total. The number of amides is 3. The molecule has 2 saturated heterocycles. The van der Waals surface area contributed by atoms with Crippen LogP contribution in [-0.2, 0) is 25.5 Å². The normalized spacial score (nSPS) is 26.9. The Hall–Kier alpha value is -2.40. The first-order chi connectivity index (χ1) is 15.0. The fourth-order valence-corrected chi connectivity index (χ4v) is 3.75. The van der Waals surface area contributed by atoms with E-state index < -0.39 is 18.3 Å². The zero-order valence-corrected chi connectivity index (χ0v) is 17.8. The molecule has 3 rings (SSSR count). The highest BCUT2D eigenvalue weighted by Crippen LogP contribution is 2.35. The van der Waals surface area contributed by atoms with E-state index in [9.17, 15) is 14.7 Å². The van der Waals surface area contributed by atoms with E-state index in [1.54, 1.807) is 14.2 Å². The lowest BCUT2D eigenvalue weighted by molar-refractivity contribution is -0.124. The summed E-state index contributed by atoms with van der Waals surface area (Å²) in [5, 5.41) is 18.7. The number of hydrogen-bond donors (Lipinski definition) is 4. The predicted molar refractivity (Wildman–Crippen MR) is 111 cm³/mol. The zero-order chi connectivity index (χ0) is 22.2. The van der Waals surface area contributed by atoms with E-state index in [4.69, 9.17) is 18.9 Å². The number of aliphatic hydroxyl groups excluding tert-OH is 1. The molecule has 0 saturated carbocycles. The Morgan fingerprint density at radius 3 is 2.58 bits per heavy atom. The highest BCUT2D eigenvalue weighted by atomic mass is 16.6. The van der Waals surface area contributed by atoms with Crippen molar-refractivity contribution in [3.63, 3.8) is 0 Å². The number of urea groups is 1. The maximum atomic E-state index is 12.3. The van der Waals surface area contributed by atoms with Crippen LogP contribution in [0.1, 0.15) is 18.4 Å². The molecule has 0 aromatic heterocycles. The summed E-state index contributed by atoms with van der Waals surface area (Å²) in [7, 11) is 3.16. The lowest BCUT2D eigenvalue weighted by Gasteiger charge is -2.20. The summed E-state index contributed by atoms with van der Waals surface area (Å²) < 4.78 is 21.7. The molecule has 5 atom stereocenters. The van der Waals surface area contributed by atoms with E-state index in [1.807, 2.05) is 24.3 Å². The molecule has 2 aliphatic rings. The van der Waals surface area contributed by atoms with Gasteiger partial charge in [0.1, 0.15) is 24.1 Å². The van der Waals surface area contributed by atoms with E-state index in [1.165, 1.54) is 0 Å². The largest absolute Gasteiger partial charge is 0.497 e. The van der Waals surface area contributed by atoms with Gasteiger partial charge in [0, 0.05) is 33.2 Å². The summed E-state index contributed by atoms with van der Waals surface area (Å²) in [5.74, 6) is 0.640. The number of carbonyl (C=O) groups excluding carboxylic acids is 2. The first kappa shape index (κ1) is 23.3. The minimum absolute atomic E-state index is 0.124. The molecule has 0 bridgehead atoms. The molecular weight excluding hydrogens is 406 g/mol. The summed E-state index contributed by atoms with van der Waals surface area (Å²) in [6, 6.07) is 7.13. The van der Waals surface area contributed by atoms with Crippen LogP contribution in [-0.4, -0.2) is 81.5 Å². The van der Waals surface area contributed by atoms with Crippen molar-refractivity contribution in [2.75, 3.05) is 33.9 Å². The van der Waals surface area contributed by atoms with Gasteiger partial charge in [0.25, 0.3) is 0 Å². The smallest absolute Gasteiger partial charge is 0.314 e. The number of fused-ring (bicyclic) bond motifs is 1. The third-order valence-electron chi connectivity index (χ3n) is 5.40. The fourth-order valence-electron chi connectivity index (χ4n) is 3.75. The maximum absolute atomic E-state index is 12.3. The van der Waals surface area contributed by atoms with Gasteiger partial charge in [-0.15, -0.1) is 0 Å². The van der Waals surface area contributed by atoms with Crippen molar-refractivity contribution in [3.05, 3.63) is 29.8 Å². The number of hydrogen-bond acceptors (Lipinski definition) is 7. The molecule has 31 heavy (non-hydrogen) atoms. The maximum Gasteiger partial charge on any atom is 0.314 e. The van der Waals surface area contributed by atoms with Crippen LogP contribution < -0.4 is 20.7 Å². The molecule has 3 amide bonds. The highest BCUT2D eigenvalue weighted by molar-refractivity contribution is 5.76. The predicted octanol–water partition coefficient (Wildman–Crippen LogP) is -0.0671. The first-order valence-electron chi connectivity index (χ1n) is 10.4. The van der Waals surface area contributed by atoms with Crippen LogP contribution in [0.15, 0.2) is 24.3 Å². The van der Waals surface area contributed by atoms with Crippen molar-refractivity contribution in [2.24, 2.45) is 0 Å². The molecular formula is C21H31N3O7. The Morgan fingerprint density at radius 1 is 1.13 bits per heavy atom. The van der Waals surface area contributed by atoms with Crippen molar-refractivity contribution >= 4 is 11.9 Å². The van der Waals surface area contributed by atoms with Crippen molar-refractivity contribution in [3.8, 4) is 5.75 Å². The molecule has 5 unspecified atom stereocenters. The Balaban J connectivity index is 1.36. The second kappa shape index (κ2) is 11.3. The van der Waals surface area contributed by atoms with Crippen LogP contribution >= 0.6 is 0 Å². The molecule has 1 aromatic rings. The van der Waals surface area contributed by atoms with Gasteiger partial charge in [0.2, 0.25) is 5.91 Å². The molecule has 0 aliphatic carbocycles. The third-order valence-corrected chi connectivity index (χ3v) is 5.40. The average Bonchev–Trinajstić information content (AvgIpc) is 3.29. The van der Waals surface area contributed by atoms with E-state index in [0.29, 0.717) is 26.1 Å². The number of methoxy groups -OCH3 is 2. The van der Waals surface area contributed by atoms with Crippen LogP contribution in [0.3, 0.4) is 0 Å². The zero-order valence-electron chi connectivity index (χ0n) is 17.8. The van der Waals surface area contributed by atoms with Crippen LogP contribution in [0, 0.1) is 0 Å². The van der Waals surface area contributed by atoms with Gasteiger partial charge in [0.15, 0.2) is 0 Å². The van der Waals surface area contributed by atoms with E-state index in [-0.39, 0.29) is 37.1 Å². The van der Waals surface area contributed by atoms with Crippen molar-refractivity contribution in [1.29, 1.82) is 0 Å². The minimum atomic E-state index is -0.864. The monoisotopic (exact) mass is 437 g/mol. The quantitative estimate of drug-likeness (QED) is 0.378. The number of rotatable bonds is 10. The van der Waals surface area contributed by atoms with Crippen molar-refractivity contribution < 1.29 is 33.6 Å². The highest BCUT2D eigenvalue weighted by Gasteiger charge is 2.50. The van der Waals surface area contributed by atoms with Gasteiger partial charge in [-0.25, -0.2) is 4.79 Å². The Morgan fingerprint density at radius 2 is 1.90 bits per heavy atom. The number of benzene rings is 1. The third kappa shape index (κ3) is 6.54. The molecule has 0 spiro atoms. The lowest BCUT2D eigenvalue weighted by atomic mass is 10.1. The second-order valence-electron chi connectivity index (χ2n) is 7.62. The SMILES string of the molecule is COCCNC(=O)NCC1OC2CC(CC(=O)NCc3ccc(OC)cc3)OC2C1O. The first-order valence-corrected chi connectivity index (χ1v) is 10.4. The number of nitrogens with one attached hydrogen (secondary N) is 3. The molecule has 1 aromatic carbocycles. The molecule has 172 valence electrons. The van der Waals surface area contributed by atoms with Crippen molar-refractivity contribution in [2.45, 2.75) is 49.9 Å². The van der Waals surface area contributed by atoms with Gasteiger partial charge in [-0.2, -0.15) is 0 Å². The number of ether oxygens (including phenoxy) is 4. The lowest BCUT2D eigenvalue weighted by Crippen LogP contribution is -2.44. The topological polar surface area (TPSA) is 127 Å². The summed E-state index contributed by atoms with van der Waals surface area (Å²) in [4.78, 5) is 24.0. The number of aliphatic hydroxyl groups is 1. The van der Waals surface area contributed by atoms with Crippen LogP contribution in [0.4, 0.5) is 4.79 Å². The summed E-state index contributed by atoms with van der Waals surface area (Å²) in [5.41, 5.74) is 0.971. The molecule has 2 fully saturated rings. The van der Waals surface area contributed by atoms with Gasteiger partial charge in [-0.3, -0.25) is 4.79 Å². The number of carbonyl (C=O) groups is 2. The standard InChI is InChI=1S/C21H31N3O7/c1-28-8-7-22-21(27)24-12-17-19(26)20-16(31-17)9-15(30-20)10-18(25)23-11-13-3-5-14(29-2)6-4-13/h3-6,15-17,19-20,26H,7-12H2,1-2H3,(H,23,25)(H2,22,24,27). The molecule has 2 heterocycles. The summed E-state index contributed by atoms with van der Waals surface area (Å²) in [6.45, 7) is 1.40. The minimum Gasteiger partial charge on any atom is -0.497 e. The van der Waals surface area contributed by atoms with Gasteiger partial charge < -0.3 is 40.0 Å². The van der Waals surface area contributed by atoms with E-state index in [0.717, 1.165) is 11.3 Å². The van der Waals surface area contributed by atoms with Crippen LogP contribution in [0.5, 0.6) is 5.75 Å². The second-order valence-corrected chi connectivity index (χ2v) is 7.62.